The molecule has 0 N–H and O–H groups in total. The lowest BCUT2D eigenvalue weighted by Gasteiger charge is -2.03. The molecule has 76 valence electrons. The maximum atomic E-state index is 4.56. The average Bonchev–Trinajstić information content (AvgIpc) is 2.69. The normalized spacial score (nSPS) is 10.2. The first kappa shape index (κ1) is 10.4. The second-order valence-corrected chi connectivity index (χ2v) is 4.09. The van der Waals surface area contributed by atoms with Crippen LogP contribution < -0.4 is 0 Å². The molecule has 0 radical (unpaired) electrons. The second-order valence-electron chi connectivity index (χ2n) is 3.05. The fraction of sp³-hybridized carbons (Fsp3) is 0.100. The van der Waals surface area contributed by atoms with Gasteiger partial charge in [0.2, 0.25) is 0 Å². The van der Waals surface area contributed by atoms with E-state index in [4.69, 9.17) is 0 Å². The smallest absolute Gasteiger partial charge is 0.187 e. The van der Waals surface area contributed by atoms with Crippen molar-refractivity contribution in [2.24, 2.45) is 4.36 Å². The van der Waals surface area contributed by atoms with Crippen molar-refractivity contribution in [2.45, 2.75) is 6.54 Å². The number of rotatable bonds is 3. The van der Waals surface area contributed by atoms with Gasteiger partial charge in [-0.2, -0.15) is 9.46 Å². The van der Waals surface area contributed by atoms with Crippen LogP contribution in [0.15, 0.2) is 45.4 Å². The molecule has 0 fully saturated rings. The van der Waals surface area contributed by atoms with Crippen LogP contribution in [0.5, 0.6) is 0 Å². The minimum absolute atomic E-state index is 0.581. The monoisotopic (exact) mass is 281 g/mol. The Morgan fingerprint density at radius 3 is 2.80 bits per heavy atom. The third kappa shape index (κ3) is 2.49. The van der Waals surface area contributed by atoms with Gasteiger partial charge in [0, 0.05) is 29.2 Å². The van der Waals surface area contributed by atoms with Crippen LogP contribution in [0, 0.1) is 0 Å². The predicted molar refractivity (Wildman–Crippen MR) is 64.9 cm³/mol. The molecule has 1 heterocycles. The van der Waals surface area contributed by atoms with Crippen molar-refractivity contribution in [2.75, 3.05) is 0 Å². The van der Waals surface area contributed by atoms with E-state index in [1.54, 1.807) is 6.07 Å². The Hall–Kier alpha value is -1.07. The van der Waals surface area contributed by atoms with E-state index in [0.717, 1.165) is 4.47 Å². The van der Waals surface area contributed by atoms with Gasteiger partial charge in [0.1, 0.15) is 0 Å². The van der Waals surface area contributed by atoms with Crippen LogP contribution in [0.4, 0.5) is 5.82 Å². The summed E-state index contributed by atoms with van der Waals surface area (Å²) in [6.07, 6.45) is 1.87. The minimum atomic E-state index is 0.581. The van der Waals surface area contributed by atoms with Crippen LogP contribution in [-0.2, 0) is 19.0 Å². The van der Waals surface area contributed by atoms with Crippen LogP contribution in [0.1, 0.15) is 5.56 Å². The summed E-state index contributed by atoms with van der Waals surface area (Å²) in [6.45, 7) is 0.715. The number of benzene rings is 1. The van der Waals surface area contributed by atoms with Crippen LogP contribution in [-0.4, -0.2) is 9.78 Å². The molecule has 0 unspecified atom stereocenters. The van der Waals surface area contributed by atoms with Gasteiger partial charge >= 0.3 is 0 Å². The molecule has 0 aliphatic carbocycles. The number of nitrogens with zero attached hydrogens (tertiary/aromatic N) is 3. The lowest BCUT2D eigenvalue weighted by Crippen LogP contribution is -2.00. The van der Waals surface area contributed by atoms with E-state index in [1.165, 1.54) is 5.56 Å². The quantitative estimate of drug-likeness (QED) is 0.866. The highest BCUT2D eigenvalue weighted by Gasteiger charge is 2.01. The summed E-state index contributed by atoms with van der Waals surface area (Å²) in [5, 5.41) is 4.19. The van der Waals surface area contributed by atoms with Crippen molar-refractivity contribution < 1.29 is 0 Å². The summed E-state index contributed by atoms with van der Waals surface area (Å²) < 4.78 is 6.49. The van der Waals surface area contributed by atoms with E-state index < -0.39 is 0 Å². The van der Waals surface area contributed by atoms with Crippen molar-refractivity contribution in [3.8, 4) is 0 Å². The number of halogens is 1. The molecule has 0 spiro atoms. The second kappa shape index (κ2) is 4.63. The van der Waals surface area contributed by atoms with E-state index in [9.17, 15) is 0 Å². The molecule has 3 nitrogen and oxygen atoms in total. The molecule has 15 heavy (non-hydrogen) atoms. The zero-order chi connectivity index (χ0) is 10.7. The molecular formula is C10H8BrN3S. The fourth-order valence-electron chi connectivity index (χ4n) is 1.29. The summed E-state index contributed by atoms with van der Waals surface area (Å²) in [7, 11) is 0. The molecular weight excluding hydrogens is 274 g/mol. The number of hydrogen-bond acceptors (Lipinski definition) is 3. The predicted octanol–water partition coefficient (Wildman–Crippen LogP) is 3.06. The average molecular weight is 282 g/mol. The molecule has 2 rings (SSSR count). The van der Waals surface area contributed by atoms with Gasteiger partial charge in [0.15, 0.2) is 5.82 Å². The van der Waals surface area contributed by atoms with E-state index in [0.29, 0.717) is 12.4 Å². The molecule has 0 aliphatic rings. The molecule has 0 saturated heterocycles. The van der Waals surface area contributed by atoms with Crippen molar-refractivity contribution in [3.05, 3.63) is 46.6 Å². The summed E-state index contributed by atoms with van der Waals surface area (Å²) in [5.74, 6) is 0.581. The van der Waals surface area contributed by atoms with Crippen LogP contribution >= 0.6 is 15.9 Å². The zero-order valence-electron chi connectivity index (χ0n) is 7.80. The maximum Gasteiger partial charge on any atom is 0.187 e. The van der Waals surface area contributed by atoms with Gasteiger partial charge in [-0.25, -0.2) is 0 Å². The molecule has 0 amide bonds. The summed E-state index contributed by atoms with van der Waals surface area (Å²) in [5.41, 5.74) is 1.18. The van der Waals surface area contributed by atoms with Crippen molar-refractivity contribution >= 4 is 34.2 Å². The van der Waals surface area contributed by atoms with E-state index in [-0.39, 0.29) is 0 Å². The van der Waals surface area contributed by atoms with E-state index in [1.807, 2.05) is 29.1 Å². The highest BCUT2D eigenvalue weighted by atomic mass is 79.9. The maximum absolute atomic E-state index is 4.56. The Morgan fingerprint density at radius 2 is 2.13 bits per heavy atom. The summed E-state index contributed by atoms with van der Waals surface area (Å²) >= 11 is 8.05. The molecule has 1 aromatic heterocycles. The standard InChI is InChI=1S/C10H8BrN3S/c11-9-4-2-1-3-8(9)7-14-6-5-10(12-14)13-15/h1-6H,7H2. The van der Waals surface area contributed by atoms with Crippen LogP contribution in [0.3, 0.4) is 0 Å². The first-order valence-electron chi connectivity index (χ1n) is 4.40. The lowest BCUT2D eigenvalue weighted by molar-refractivity contribution is 0.686. The van der Waals surface area contributed by atoms with Crippen molar-refractivity contribution in [3.63, 3.8) is 0 Å². The third-order valence-corrected chi connectivity index (χ3v) is 2.97. The largest absolute Gasteiger partial charge is 0.266 e. The molecule has 0 bridgehead atoms. The Balaban J connectivity index is 2.22. The SMILES string of the molecule is S=Nc1ccn(Cc2ccccc2Br)n1. The lowest BCUT2D eigenvalue weighted by atomic mass is 10.2. The topological polar surface area (TPSA) is 30.2 Å². The zero-order valence-corrected chi connectivity index (χ0v) is 10.2. The molecule has 2 aromatic rings. The van der Waals surface area contributed by atoms with Gasteiger partial charge in [-0.15, -0.1) is 0 Å². The van der Waals surface area contributed by atoms with Gasteiger partial charge in [0.25, 0.3) is 0 Å². The van der Waals surface area contributed by atoms with Crippen LogP contribution in [0.2, 0.25) is 0 Å². The van der Waals surface area contributed by atoms with E-state index in [2.05, 4.69) is 43.9 Å². The minimum Gasteiger partial charge on any atom is -0.266 e. The number of aromatic nitrogens is 2. The third-order valence-electron chi connectivity index (χ3n) is 2.01. The van der Waals surface area contributed by atoms with Gasteiger partial charge in [0.05, 0.1) is 6.54 Å². The first-order chi connectivity index (χ1) is 7.29. The molecule has 1 aromatic carbocycles. The van der Waals surface area contributed by atoms with Gasteiger partial charge in [-0.05, 0) is 11.6 Å². The highest BCUT2D eigenvalue weighted by molar-refractivity contribution is 9.10. The van der Waals surface area contributed by atoms with Gasteiger partial charge in [-0.1, -0.05) is 34.1 Å². The Kier molecular flexibility index (Phi) is 3.23. The highest BCUT2D eigenvalue weighted by Crippen LogP contribution is 2.17. The Morgan fingerprint density at radius 1 is 1.33 bits per heavy atom. The summed E-state index contributed by atoms with van der Waals surface area (Å²) in [6, 6.07) is 9.85. The van der Waals surface area contributed by atoms with Gasteiger partial charge in [-0.3, -0.25) is 4.68 Å². The van der Waals surface area contributed by atoms with Crippen molar-refractivity contribution in [1.82, 2.24) is 9.78 Å². The Bertz CT molecular complexity index is 481. The van der Waals surface area contributed by atoms with Crippen LogP contribution in [0.25, 0.3) is 0 Å². The molecule has 0 atom stereocenters. The first-order valence-corrected chi connectivity index (χ1v) is 5.55. The van der Waals surface area contributed by atoms with Crippen molar-refractivity contribution in [1.29, 1.82) is 0 Å². The van der Waals surface area contributed by atoms with Gasteiger partial charge < -0.3 is 0 Å². The Labute approximate surface area is 101 Å². The number of hydrogen-bond donors (Lipinski definition) is 0. The van der Waals surface area contributed by atoms with E-state index >= 15 is 0 Å². The molecule has 0 aliphatic heterocycles. The fourth-order valence-corrected chi connectivity index (χ4v) is 1.80. The molecule has 5 heteroatoms. The summed E-state index contributed by atoms with van der Waals surface area (Å²) in [4.78, 5) is 0. The molecule has 0 saturated carbocycles.